The van der Waals surface area contributed by atoms with E-state index in [1.54, 1.807) is 24.3 Å². The van der Waals surface area contributed by atoms with Crippen LogP contribution in [0.2, 0.25) is 5.02 Å². The van der Waals surface area contributed by atoms with Gasteiger partial charge < -0.3 is 0 Å². The van der Waals surface area contributed by atoms with Gasteiger partial charge in [0.25, 0.3) is 0 Å². The first kappa shape index (κ1) is 15.1. The number of hydrazone groups is 1. The number of hydrogen-bond donors (Lipinski definition) is 1. The Balaban J connectivity index is 1.93. The first-order valence-corrected chi connectivity index (χ1v) is 6.44. The van der Waals surface area contributed by atoms with Crippen LogP contribution in [0.15, 0.2) is 47.6 Å². The molecule has 1 amide bonds. The zero-order valence-corrected chi connectivity index (χ0v) is 11.6. The van der Waals surface area contributed by atoms with E-state index in [2.05, 4.69) is 10.5 Å². The van der Waals surface area contributed by atoms with Crippen molar-refractivity contribution in [3.05, 3.63) is 70.2 Å². The Labute approximate surface area is 125 Å². The highest BCUT2D eigenvalue weighted by molar-refractivity contribution is 6.30. The molecule has 108 valence electrons. The Morgan fingerprint density at radius 1 is 1.19 bits per heavy atom. The van der Waals surface area contributed by atoms with Crippen LogP contribution in [0.5, 0.6) is 0 Å². The minimum Gasteiger partial charge on any atom is -0.273 e. The van der Waals surface area contributed by atoms with Crippen LogP contribution in [-0.2, 0) is 11.2 Å². The van der Waals surface area contributed by atoms with Crippen molar-refractivity contribution in [1.82, 2.24) is 5.43 Å². The van der Waals surface area contributed by atoms with Crippen LogP contribution < -0.4 is 5.43 Å². The molecule has 0 heterocycles. The molecule has 0 aromatic heterocycles. The van der Waals surface area contributed by atoms with Gasteiger partial charge in [-0.05, 0) is 23.8 Å². The molecule has 0 aliphatic heterocycles. The van der Waals surface area contributed by atoms with Gasteiger partial charge in [-0.2, -0.15) is 5.10 Å². The summed E-state index contributed by atoms with van der Waals surface area (Å²) in [5, 5.41) is 4.18. The summed E-state index contributed by atoms with van der Waals surface area (Å²) in [6.07, 6.45) is 1.16. The minimum atomic E-state index is -1.01. The van der Waals surface area contributed by atoms with Gasteiger partial charge in [0.05, 0.1) is 12.6 Å². The molecule has 6 heteroatoms. The zero-order chi connectivity index (χ0) is 15.2. The Hall–Kier alpha value is -2.27. The lowest BCUT2D eigenvalue weighted by Crippen LogP contribution is -2.19. The summed E-state index contributed by atoms with van der Waals surface area (Å²) in [6, 6.07) is 10.5. The summed E-state index contributed by atoms with van der Waals surface area (Å²) in [6.45, 7) is 0. The largest absolute Gasteiger partial charge is 0.273 e. The van der Waals surface area contributed by atoms with Crippen molar-refractivity contribution < 1.29 is 13.6 Å². The van der Waals surface area contributed by atoms with Crippen molar-refractivity contribution >= 4 is 23.7 Å². The Morgan fingerprint density at radius 2 is 1.90 bits per heavy atom. The molecule has 0 saturated heterocycles. The molecule has 0 unspecified atom stereocenters. The minimum absolute atomic E-state index is 0.0400. The highest BCUT2D eigenvalue weighted by atomic mass is 35.5. The molecule has 0 fully saturated rings. The van der Waals surface area contributed by atoms with Crippen LogP contribution in [-0.4, -0.2) is 12.1 Å². The van der Waals surface area contributed by atoms with Crippen LogP contribution >= 0.6 is 11.6 Å². The number of nitrogens with one attached hydrogen (secondary N) is 1. The van der Waals surface area contributed by atoms with Gasteiger partial charge in [0.2, 0.25) is 5.91 Å². The standard InChI is InChI=1S/C15H11ClF2N2O/c16-12-6-4-10(5-7-12)8-14(21)20-19-9-11-2-1-3-13(17)15(11)18/h1-7,9H,8H2,(H,20,21). The second-order valence-corrected chi connectivity index (χ2v) is 4.68. The maximum atomic E-state index is 13.3. The van der Waals surface area contributed by atoms with Crippen LogP contribution in [0, 0.1) is 11.6 Å². The number of nitrogens with zero attached hydrogens (tertiary/aromatic N) is 1. The number of hydrogen-bond acceptors (Lipinski definition) is 2. The van der Waals surface area contributed by atoms with E-state index in [0.29, 0.717) is 5.02 Å². The lowest BCUT2D eigenvalue weighted by Gasteiger charge is -2.01. The Kier molecular flexibility index (Phi) is 5.00. The molecule has 3 nitrogen and oxygen atoms in total. The fraction of sp³-hybridized carbons (Fsp3) is 0.0667. The molecule has 0 radical (unpaired) electrons. The molecule has 2 rings (SSSR count). The summed E-state index contributed by atoms with van der Waals surface area (Å²) in [5.41, 5.74) is 2.98. The zero-order valence-electron chi connectivity index (χ0n) is 10.8. The Morgan fingerprint density at radius 3 is 2.62 bits per heavy atom. The second kappa shape index (κ2) is 6.95. The van der Waals surface area contributed by atoms with Gasteiger partial charge in [-0.15, -0.1) is 0 Å². The normalized spacial score (nSPS) is 10.8. The predicted molar refractivity (Wildman–Crippen MR) is 77.3 cm³/mol. The molecule has 2 aromatic carbocycles. The molecule has 0 spiro atoms. The molecule has 0 bridgehead atoms. The molecule has 0 aliphatic rings. The van der Waals surface area contributed by atoms with Crippen molar-refractivity contribution in [3.63, 3.8) is 0 Å². The van der Waals surface area contributed by atoms with Gasteiger partial charge >= 0.3 is 0 Å². The van der Waals surface area contributed by atoms with Crippen LogP contribution in [0.25, 0.3) is 0 Å². The van der Waals surface area contributed by atoms with Crippen molar-refractivity contribution in [3.8, 4) is 0 Å². The number of carbonyl (C=O) groups is 1. The third-order valence-corrected chi connectivity index (χ3v) is 2.90. The first-order chi connectivity index (χ1) is 10.1. The maximum Gasteiger partial charge on any atom is 0.244 e. The summed E-state index contributed by atoms with van der Waals surface area (Å²) in [7, 11) is 0. The quantitative estimate of drug-likeness (QED) is 0.683. The van der Waals surface area contributed by atoms with Crippen LogP contribution in [0.3, 0.4) is 0 Å². The molecule has 0 saturated carbocycles. The van der Waals surface area contributed by atoms with Gasteiger partial charge in [0.1, 0.15) is 0 Å². The number of rotatable bonds is 4. The molecule has 2 aromatic rings. The van der Waals surface area contributed by atoms with E-state index in [4.69, 9.17) is 11.6 Å². The highest BCUT2D eigenvalue weighted by Crippen LogP contribution is 2.10. The highest BCUT2D eigenvalue weighted by Gasteiger charge is 2.05. The monoisotopic (exact) mass is 308 g/mol. The maximum absolute atomic E-state index is 13.3. The van der Waals surface area contributed by atoms with Gasteiger partial charge in [0, 0.05) is 10.6 Å². The average molecular weight is 309 g/mol. The summed E-state index contributed by atoms with van der Waals surface area (Å²) in [5.74, 6) is -2.34. The van der Waals surface area contributed by atoms with Gasteiger partial charge in [-0.3, -0.25) is 4.79 Å². The van der Waals surface area contributed by atoms with E-state index in [9.17, 15) is 13.6 Å². The molecule has 1 N–H and O–H groups in total. The number of amides is 1. The summed E-state index contributed by atoms with van der Waals surface area (Å²) in [4.78, 5) is 11.6. The van der Waals surface area contributed by atoms with E-state index in [1.807, 2.05) is 0 Å². The number of carbonyl (C=O) groups excluding carboxylic acids is 1. The molecular weight excluding hydrogens is 298 g/mol. The van der Waals surface area contributed by atoms with Gasteiger partial charge in [0.15, 0.2) is 11.6 Å². The third-order valence-electron chi connectivity index (χ3n) is 2.65. The number of benzene rings is 2. The fourth-order valence-electron chi connectivity index (χ4n) is 1.62. The molecule has 0 aliphatic carbocycles. The van der Waals surface area contributed by atoms with Crippen molar-refractivity contribution in [2.24, 2.45) is 5.10 Å². The van der Waals surface area contributed by atoms with Crippen LogP contribution in [0.1, 0.15) is 11.1 Å². The average Bonchev–Trinajstić information content (AvgIpc) is 2.46. The summed E-state index contributed by atoms with van der Waals surface area (Å²) < 4.78 is 26.3. The van der Waals surface area contributed by atoms with Crippen molar-refractivity contribution in [1.29, 1.82) is 0 Å². The smallest absolute Gasteiger partial charge is 0.244 e. The lowest BCUT2D eigenvalue weighted by atomic mass is 10.1. The van der Waals surface area contributed by atoms with Crippen molar-refractivity contribution in [2.45, 2.75) is 6.42 Å². The molecule has 21 heavy (non-hydrogen) atoms. The second-order valence-electron chi connectivity index (χ2n) is 4.24. The van der Waals surface area contributed by atoms with E-state index >= 15 is 0 Å². The van der Waals surface area contributed by atoms with E-state index < -0.39 is 11.6 Å². The number of halogens is 3. The molecule has 0 atom stereocenters. The van der Waals surface area contributed by atoms with E-state index in [0.717, 1.165) is 17.8 Å². The van der Waals surface area contributed by atoms with Gasteiger partial charge in [-0.1, -0.05) is 35.9 Å². The topological polar surface area (TPSA) is 41.5 Å². The predicted octanol–water partition coefficient (Wildman–Crippen LogP) is 3.31. The van der Waals surface area contributed by atoms with E-state index in [-0.39, 0.29) is 17.9 Å². The third kappa shape index (κ3) is 4.36. The Bertz CT molecular complexity index is 672. The van der Waals surface area contributed by atoms with E-state index in [1.165, 1.54) is 12.1 Å². The SMILES string of the molecule is O=C(Cc1ccc(Cl)cc1)NN=Cc1cccc(F)c1F. The lowest BCUT2D eigenvalue weighted by molar-refractivity contribution is -0.120. The molecular formula is C15H11ClF2N2O. The van der Waals surface area contributed by atoms with Gasteiger partial charge in [-0.25, -0.2) is 14.2 Å². The summed E-state index contributed by atoms with van der Waals surface area (Å²) >= 11 is 5.74. The van der Waals surface area contributed by atoms with Crippen LogP contribution in [0.4, 0.5) is 8.78 Å². The first-order valence-electron chi connectivity index (χ1n) is 6.06. The fourth-order valence-corrected chi connectivity index (χ4v) is 1.75. The van der Waals surface area contributed by atoms with Crippen molar-refractivity contribution in [2.75, 3.05) is 0 Å².